The minimum absolute atomic E-state index is 0.0737. The number of hydrogen-bond acceptors (Lipinski definition) is 3. The van der Waals surface area contributed by atoms with Gasteiger partial charge in [-0.15, -0.1) is 5.10 Å². The predicted molar refractivity (Wildman–Crippen MR) is 75.7 cm³/mol. The van der Waals surface area contributed by atoms with Gasteiger partial charge in [0.25, 0.3) is 5.91 Å². The molecule has 1 unspecified atom stereocenters. The van der Waals surface area contributed by atoms with Crippen LogP contribution in [-0.4, -0.2) is 28.8 Å². The molecule has 1 amide bonds. The third-order valence-electron chi connectivity index (χ3n) is 3.60. The molecular formula is C15H19N3O2. The van der Waals surface area contributed by atoms with E-state index in [0.717, 1.165) is 25.0 Å². The van der Waals surface area contributed by atoms with Crippen molar-refractivity contribution in [1.82, 2.24) is 15.1 Å². The zero-order valence-corrected chi connectivity index (χ0v) is 11.6. The third-order valence-corrected chi connectivity index (χ3v) is 3.60. The van der Waals surface area contributed by atoms with Crippen LogP contribution >= 0.6 is 0 Å². The topological polar surface area (TPSA) is 56.1 Å². The summed E-state index contributed by atoms with van der Waals surface area (Å²) in [7, 11) is 0. The van der Waals surface area contributed by atoms with Crippen molar-refractivity contribution in [3.05, 3.63) is 35.6 Å². The summed E-state index contributed by atoms with van der Waals surface area (Å²) >= 11 is 0. The van der Waals surface area contributed by atoms with Crippen molar-refractivity contribution in [2.45, 2.75) is 26.3 Å². The minimum Gasteiger partial charge on any atom is -0.472 e. The Bertz CT molecular complexity index is 572. The van der Waals surface area contributed by atoms with Crippen LogP contribution in [0.2, 0.25) is 0 Å². The average Bonchev–Trinajstić information content (AvgIpc) is 2.79. The zero-order chi connectivity index (χ0) is 13.9. The van der Waals surface area contributed by atoms with Gasteiger partial charge in [0.1, 0.15) is 12.3 Å². The van der Waals surface area contributed by atoms with Crippen molar-refractivity contribution in [2.24, 2.45) is 5.92 Å². The molecule has 106 valence electrons. The number of nitrogens with one attached hydrogen (secondary N) is 1. The van der Waals surface area contributed by atoms with E-state index in [2.05, 4.69) is 35.6 Å². The van der Waals surface area contributed by atoms with Crippen LogP contribution in [0.5, 0.6) is 5.88 Å². The van der Waals surface area contributed by atoms with Crippen molar-refractivity contribution < 1.29 is 9.53 Å². The predicted octanol–water partition coefficient (Wildman–Crippen LogP) is 1.92. The number of carbonyl (C=O) groups is 1. The highest BCUT2D eigenvalue weighted by molar-refractivity contribution is 5.93. The third kappa shape index (κ3) is 2.76. The summed E-state index contributed by atoms with van der Waals surface area (Å²) in [6, 6.07) is 1.72. The molecule has 20 heavy (non-hydrogen) atoms. The summed E-state index contributed by atoms with van der Waals surface area (Å²) < 4.78 is 7.42. The molecule has 1 aliphatic heterocycles. The summed E-state index contributed by atoms with van der Waals surface area (Å²) in [5, 5.41) is 7.19. The molecule has 3 rings (SSSR count). The maximum Gasteiger partial charge on any atom is 0.269 e. The molecule has 2 heterocycles. The van der Waals surface area contributed by atoms with Gasteiger partial charge in [0.15, 0.2) is 0 Å². The van der Waals surface area contributed by atoms with E-state index in [1.807, 2.05) is 0 Å². The lowest BCUT2D eigenvalue weighted by Gasteiger charge is -2.11. The molecule has 0 fully saturated rings. The second-order valence-electron chi connectivity index (χ2n) is 5.34. The van der Waals surface area contributed by atoms with E-state index in [0.29, 0.717) is 30.6 Å². The summed E-state index contributed by atoms with van der Waals surface area (Å²) in [6.45, 7) is 4.14. The molecule has 5 heteroatoms. The molecule has 0 spiro atoms. The van der Waals surface area contributed by atoms with Crippen molar-refractivity contribution in [1.29, 1.82) is 0 Å². The standard InChI is InChI=1S/C15H19N3O2/c1-11-3-5-12(6-4-11)10-20-14-9-13-15(19)16-7-2-8-18(13)17-14/h3,5-6,9,11H,2,4,7-8,10H2,1H3,(H,16,19). The number of carbonyl (C=O) groups excluding carboxylic acids is 1. The van der Waals surface area contributed by atoms with Gasteiger partial charge in [-0.05, 0) is 24.3 Å². The second kappa shape index (κ2) is 5.53. The van der Waals surface area contributed by atoms with Crippen LogP contribution in [0.4, 0.5) is 0 Å². The van der Waals surface area contributed by atoms with Crippen molar-refractivity contribution in [2.75, 3.05) is 13.2 Å². The highest BCUT2D eigenvalue weighted by Crippen LogP contribution is 2.18. The van der Waals surface area contributed by atoms with E-state index in [-0.39, 0.29) is 5.91 Å². The molecule has 0 aromatic carbocycles. The number of aromatic nitrogens is 2. The molecule has 1 N–H and O–H groups in total. The first kappa shape index (κ1) is 13.0. The Labute approximate surface area is 118 Å². The highest BCUT2D eigenvalue weighted by atomic mass is 16.5. The SMILES string of the molecule is CC1C=CC(COc2cc3n(n2)CCCNC3=O)=CC1. The average molecular weight is 273 g/mol. The van der Waals surface area contributed by atoms with Gasteiger partial charge < -0.3 is 10.1 Å². The number of hydrogen-bond donors (Lipinski definition) is 1. The van der Waals surface area contributed by atoms with Gasteiger partial charge in [-0.2, -0.15) is 0 Å². The molecule has 5 nitrogen and oxygen atoms in total. The van der Waals surface area contributed by atoms with Crippen LogP contribution in [-0.2, 0) is 6.54 Å². The maximum absolute atomic E-state index is 11.8. The lowest BCUT2D eigenvalue weighted by atomic mass is 9.99. The van der Waals surface area contributed by atoms with Crippen molar-refractivity contribution in [3.8, 4) is 5.88 Å². The summed E-state index contributed by atoms with van der Waals surface area (Å²) in [5.74, 6) is 1.05. The van der Waals surface area contributed by atoms with E-state index >= 15 is 0 Å². The Morgan fingerprint density at radius 1 is 1.55 bits per heavy atom. The molecule has 1 aromatic rings. The monoisotopic (exact) mass is 273 g/mol. The summed E-state index contributed by atoms with van der Waals surface area (Å²) in [5.41, 5.74) is 1.75. The number of rotatable bonds is 3. The van der Waals surface area contributed by atoms with Gasteiger partial charge in [-0.3, -0.25) is 9.48 Å². The summed E-state index contributed by atoms with van der Waals surface area (Å²) in [6.07, 6.45) is 8.43. The number of aryl methyl sites for hydroxylation is 1. The number of nitrogens with zero attached hydrogens (tertiary/aromatic N) is 2. The lowest BCUT2D eigenvalue weighted by Crippen LogP contribution is -2.22. The van der Waals surface area contributed by atoms with E-state index < -0.39 is 0 Å². The Morgan fingerprint density at radius 3 is 3.25 bits per heavy atom. The van der Waals surface area contributed by atoms with Crippen molar-refractivity contribution in [3.63, 3.8) is 0 Å². The fourth-order valence-corrected chi connectivity index (χ4v) is 2.37. The molecule has 0 saturated heterocycles. The first-order valence-electron chi connectivity index (χ1n) is 7.08. The number of allylic oxidation sites excluding steroid dienone is 2. The fraction of sp³-hybridized carbons (Fsp3) is 0.467. The van der Waals surface area contributed by atoms with Crippen LogP contribution < -0.4 is 10.1 Å². The van der Waals surface area contributed by atoms with Gasteiger partial charge in [-0.1, -0.05) is 25.2 Å². The van der Waals surface area contributed by atoms with Crippen LogP contribution in [0.1, 0.15) is 30.3 Å². The molecule has 1 atom stereocenters. The van der Waals surface area contributed by atoms with E-state index in [1.54, 1.807) is 10.7 Å². The number of amides is 1. The van der Waals surface area contributed by atoms with Crippen molar-refractivity contribution >= 4 is 5.91 Å². The van der Waals surface area contributed by atoms with Gasteiger partial charge in [-0.25, -0.2) is 0 Å². The first-order valence-corrected chi connectivity index (χ1v) is 7.08. The second-order valence-corrected chi connectivity index (χ2v) is 5.34. The highest BCUT2D eigenvalue weighted by Gasteiger charge is 2.18. The molecule has 0 radical (unpaired) electrons. The summed E-state index contributed by atoms with van der Waals surface area (Å²) in [4.78, 5) is 11.8. The minimum atomic E-state index is -0.0737. The quantitative estimate of drug-likeness (QED) is 0.915. The Balaban J connectivity index is 1.66. The largest absolute Gasteiger partial charge is 0.472 e. The normalized spacial score (nSPS) is 21.8. The van der Waals surface area contributed by atoms with E-state index in [4.69, 9.17) is 4.74 Å². The van der Waals surface area contributed by atoms with E-state index in [1.165, 1.54) is 0 Å². The van der Waals surface area contributed by atoms with Crippen LogP contribution in [0.3, 0.4) is 0 Å². The zero-order valence-electron chi connectivity index (χ0n) is 11.6. The van der Waals surface area contributed by atoms with Gasteiger partial charge in [0.2, 0.25) is 5.88 Å². The van der Waals surface area contributed by atoms with Crippen LogP contribution in [0.15, 0.2) is 29.9 Å². The Kier molecular flexibility index (Phi) is 3.58. The Hall–Kier alpha value is -2.04. The fourth-order valence-electron chi connectivity index (χ4n) is 2.37. The number of fused-ring (bicyclic) bond motifs is 1. The first-order chi connectivity index (χ1) is 9.72. The maximum atomic E-state index is 11.8. The van der Waals surface area contributed by atoms with Crippen LogP contribution in [0.25, 0.3) is 0 Å². The molecule has 0 saturated carbocycles. The number of ether oxygens (including phenoxy) is 1. The van der Waals surface area contributed by atoms with Crippen LogP contribution in [0, 0.1) is 5.92 Å². The van der Waals surface area contributed by atoms with E-state index in [9.17, 15) is 4.79 Å². The lowest BCUT2D eigenvalue weighted by molar-refractivity contribution is 0.0950. The molecule has 1 aromatic heterocycles. The molecule has 2 aliphatic rings. The molecular weight excluding hydrogens is 254 g/mol. The smallest absolute Gasteiger partial charge is 0.269 e. The van der Waals surface area contributed by atoms with Gasteiger partial charge in [0.05, 0.1) is 0 Å². The molecule has 1 aliphatic carbocycles. The Morgan fingerprint density at radius 2 is 2.45 bits per heavy atom. The van der Waals surface area contributed by atoms with Gasteiger partial charge in [0, 0.05) is 19.2 Å². The van der Waals surface area contributed by atoms with Gasteiger partial charge >= 0.3 is 0 Å². The molecule has 0 bridgehead atoms.